The summed E-state index contributed by atoms with van der Waals surface area (Å²) in [5.74, 6) is -0.0197. The average Bonchev–Trinajstić information content (AvgIpc) is 2.77. The number of halogens is 1. The molecule has 0 spiro atoms. The lowest BCUT2D eigenvalue weighted by Gasteiger charge is -2.36. The van der Waals surface area contributed by atoms with E-state index in [9.17, 15) is 4.79 Å². The molecule has 4 heteroatoms. The van der Waals surface area contributed by atoms with Crippen molar-refractivity contribution in [3.63, 3.8) is 0 Å². The number of carbonyl (C=O) groups is 1. The van der Waals surface area contributed by atoms with E-state index >= 15 is 0 Å². The molecule has 1 atom stereocenters. The molecule has 0 saturated heterocycles. The van der Waals surface area contributed by atoms with Crippen LogP contribution in [-0.2, 0) is 12.1 Å². The summed E-state index contributed by atoms with van der Waals surface area (Å²) in [6.07, 6.45) is 1.95. The van der Waals surface area contributed by atoms with Crippen molar-refractivity contribution in [2.75, 3.05) is 0 Å². The van der Waals surface area contributed by atoms with Crippen molar-refractivity contribution in [3.05, 3.63) is 58.3 Å². The van der Waals surface area contributed by atoms with Crippen LogP contribution in [0.2, 0.25) is 0 Å². The predicted molar refractivity (Wildman–Crippen MR) is 73.4 cm³/mol. The number of nitrogens with zero attached hydrogens (tertiary/aromatic N) is 1. The summed E-state index contributed by atoms with van der Waals surface area (Å²) in [4.78, 5) is 12.1. The van der Waals surface area contributed by atoms with Crippen LogP contribution in [0.25, 0.3) is 0 Å². The Kier molecular flexibility index (Phi) is 2.55. The third kappa shape index (κ3) is 1.77. The number of carbonyl (C=O) groups excluding carboxylic acids is 1. The van der Waals surface area contributed by atoms with Crippen molar-refractivity contribution in [2.45, 2.75) is 19.0 Å². The highest BCUT2D eigenvalue weighted by atomic mass is 79.9. The topological polar surface area (TPSA) is 34.0 Å². The Labute approximate surface area is 114 Å². The molecule has 1 aromatic heterocycles. The third-order valence-corrected chi connectivity index (χ3v) is 3.89. The van der Waals surface area contributed by atoms with Gasteiger partial charge in [-0.1, -0.05) is 28.1 Å². The monoisotopic (exact) mass is 304 g/mol. The zero-order valence-electron chi connectivity index (χ0n) is 9.98. The summed E-state index contributed by atoms with van der Waals surface area (Å²) in [6, 6.07) is 11.8. The largest absolute Gasteiger partial charge is 0.341 e. The van der Waals surface area contributed by atoms with Crippen molar-refractivity contribution < 1.29 is 4.79 Å². The van der Waals surface area contributed by atoms with Gasteiger partial charge in [0.2, 0.25) is 0 Å². The summed E-state index contributed by atoms with van der Waals surface area (Å²) < 4.78 is 3.02. The highest BCUT2D eigenvalue weighted by Crippen LogP contribution is 2.29. The molecule has 3 rings (SSSR count). The van der Waals surface area contributed by atoms with E-state index in [1.54, 1.807) is 0 Å². The molecule has 1 aliphatic heterocycles. The smallest absolute Gasteiger partial charge is 0.268 e. The van der Waals surface area contributed by atoms with Crippen LogP contribution in [0, 0.1) is 0 Å². The minimum absolute atomic E-state index is 0.0197. The number of benzene rings is 1. The summed E-state index contributed by atoms with van der Waals surface area (Å²) in [6.45, 7) is 2.80. The van der Waals surface area contributed by atoms with E-state index in [0.29, 0.717) is 0 Å². The molecule has 0 radical (unpaired) electrons. The molecule has 1 amide bonds. The van der Waals surface area contributed by atoms with Gasteiger partial charge in [0.15, 0.2) is 0 Å². The van der Waals surface area contributed by atoms with Gasteiger partial charge >= 0.3 is 0 Å². The van der Waals surface area contributed by atoms with Crippen LogP contribution >= 0.6 is 15.9 Å². The predicted octanol–water partition coefficient (Wildman–Crippen LogP) is 2.91. The molecule has 0 fully saturated rings. The Bertz CT molecular complexity index is 620. The molecule has 0 aliphatic carbocycles. The molecule has 1 unspecified atom stereocenters. The first kappa shape index (κ1) is 11.5. The number of hydrogen-bond donors (Lipinski definition) is 1. The number of nitrogens with one attached hydrogen (secondary N) is 1. The lowest BCUT2D eigenvalue weighted by atomic mass is 9.90. The van der Waals surface area contributed by atoms with Crippen LogP contribution in [-0.4, -0.2) is 10.5 Å². The Hall–Kier alpha value is -1.55. The fourth-order valence-electron chi connectivity index (χ4n) is 2.45. The van der Waals surface area contributed by atoms with Crippen molar-refractivity contribution in [1.82, 2.24) is 9.88 Å². The van der Waals surface area contributed by atoms with Gasteiger partial charge in [0.25, 0.3) is 5.91 Å². The van der Waals surface area contributed by atoms with Gasteiger partial charge in [0.05, 0.1) is 5.54 Å². The van der Waals surface area contributed by atoms with E-state index in [-0.39, 0.29) is 11.4 Å². The maximum absolute atomic E-state index is 12.1. The van der Waals surface area contributed by atoms with E-state index in [0.717, 1.165) is 22.3 Å². The Morgan fingerprint density at radius 3 is 2.94 bits per heavy atom. The van der Waals surface area contributed by atoms with Crippen molar-refractivity contribution in [1.29, 1.82) is 0 Å². The summed E-state index contributed by atoms with van der Waals surface area (Å²) in [5.41, 5.74) is 1.46. The molecular weight excluding hydrogens is 292 g/mol. The molecule has 3 nitrogen and oxygen atoms in total. The number of amides is 1. The van der Waals surface area contributed by atoms with Gasteiger partial charge < -0.3 is 9.88 Å². The summed E-state index contributed by atoms with van der Waals surface area (Å²) in [7, 11) is 0. The number of rotatable bonds is 1. The van der Waals surface area contributed by atoms with Gasteiger partial charge in [-0.25, -0.2) is 0 Å². The minimum atomic E-state index is -0.368. The first-order chi connectivity index (χ1) is 8.58. The lowest BCUT2D eigenvalue weighted by molar-refractivity contribution is 0.0848. The molecule has 0 bridgehead atoms. The zero-order valence-corrected chi connectivity index (χ0v) is 11.6. The van der Waals surface area contributed by atoms with Crippen LogP contribution in [0.1, 0.15) is 23.0 Å². The quantitative estimate of drug-likeness (QED) is 0.863. The second kappa shape index (κ2) is 3.99. The Morgan fingerprint density at radius 2 is 2.17 bits per heavy atom. The average molecular weight is 305 g/mol. The van der Waals surface area contributed by atoms with Gasteiger partial charge in [-0.15, -0.1) is 0 Å². The molecule has 1 N–H and O–H groups in total. The number of aromatic nitrogens is 1. The molecule has 2 aromatic rings. The lowest BCUT2D eigenvalue weighted by Crippen LogP contribution is -2.51. The second-order valence-corrected chi connectivity index (χ2v) is 5.73. The van der Waals surface area contributed by atoms with Crippen LogP contribution in [0.3, 0.4) is 0 Å². The molecule has 18 heavy (non-hydrogen) atoms. The molecule has 2 heterocycles. The van der Waals surface area contributed by atoms with E-state index in [4.69, 9.17) is 0 Å². The molecule has 1 aliphatic rings. The van der Waals surface area contributed by atoms with Gasteiger partial charge in [-0.05, 0) is 36.8 Å². The van der Waals surface area contributed by atoms with Gasteiger partial charge in [0, 0.05) is 17.2 Å². The SMILES string of the molecule is CC1(c2cccc(Br)c2)Cn2cccc2C(=O)N1. The highest BCUT2D eigenvalue weighted by Gasteiger charge is 2.35. The highest BCUT2D eigenvalue weighted by molar-refractivity contribution is 9.10. The van der Waals surface area contributed by atoms with Crippen LogP contribution in [0.15, 0.2) is 47.1 Å². The number of fused-ring (bicyclic) bond motifs is 1. The standard InChI is InChI=1S/C14H13BrN2O/c1-14(10-4-2-5-11(15)8-10)9-17-7-3-6-12(17)13(18)16-14/h2-8H,9H2,1H3,(H,16,18). The van der Waals surface area contributed by atoms with Gasteiger partial charge in [-0.2, -0.15) is 0 Å². The molecule has 92 valence electrons. The summed E-state index contributed by atoms with van der Waals surface area (Å²) >= 11 is 3.47. The van der Waals surface area contributed by atoms with E-state index < -0.39 is 0 Å². The third-order valence-electron chi connectivity index (χ3n) is 3.40. The van der Waals surface area contributed by atoms with Crippen molar-refractivity contribution in [3.8, 4) is 0 Å². The summed E-state index contributed by atoms with van der Waals surface area (Å²) in [5, 5.41) is 3.10. The van der Waals surface area contributed by atoms with E-state index in [2.05, 4.69) is 34.2 Å². The van der Waals surface area contributed by atoms with Crippen molar-refractivity contribution in [2.24, 2.45) is 0 Å². The molecular formula is C14H13BrN2O. The van der Waals surface area contributed by atoms with E-state index in [1.165, 1.54) is 0 Å². The minimum Gasteiger partial charge on any atom is -0.341 e. The first-order valence-electron chi connectivity index (χ1n) is 5.82. The van der Waals surface area contributed by atoms with Crippen LogP contribution in [0.5, 0.6) is 0 Å². The normalized spacial score (nSPS) is 22.4. The van der Waals surface area contributed by atoms with Crippen LogP contribution in [0.4, 0.5) is 0 Å². The maximum atomic E-state index is 12.1. The first-order valence-corrected chi connectivity index (χ1v) is 6.61. The fraction of sp³-hybridized carbons (Fsp3) is 0.214. The van der Waals surface area contributed by atoms with Crippen molar-refractivity contribution >= 4 is 21.8 Å². The molecule has 0 saturated carbocycles. The van der Waals surface area contributed by atoms with Gasteiger partial charge in [-0.3, -0.25) is 4.79 Å². The van der Waals surface area contributed by atoms with Crippen LogP contribution < -0.4 is 5.32 Å². The Balaban J connectivity index is 2.05. The zero-order chi connectivity index (χ0) is 12.8. The van der Waals surface area contributed by atoms with Gasteiger partial charge in [0.1, 0.15) is 5.69 Å². The van der Waals surface area contributed by atoms with E-state index in [1.807, 2.05) is 41.1 Å². The second-order valence-electron chi connectivity index (χ2n) is 4.82. The number of hydrogen-bond acceptors (Lipinski definition) is 1. The fourth-order valence-corrected chi connectivity index (χ4v) is 2.85. The Morgan fingerprint density at radius 1 is 1.33 bits per heavy atom. The maximum Gasteiger partial charge on any atom is 0.268 e. The molecule has 1 aromatic carbocycles.